The molecular weight excluding hydrogens is 408 g/mol. The van der Waals surface area contributed by atoms with Crippen molar-refractivity contribution in [2.75, 3.05) is 28.2 Å². The third kappa shape index (κ3) is 9.90. The van der Waals surface area contributed by atoms with E-state index in [-0.39, 0.29) is 26.2 Å². The first kappa shape index (κ1) is 32.5. The molecule has 0 unspecified atom stereocenters. The van der Waals surface area contributed by atoms with Crippen molar-refractivity contribution in [1.29, 1.82) is 0 Å². The molecule has 0 aliphatic heterocycles. The van der Waals surface area contributed by atoms with Crippen LogP contribution in [0.1, 0.15) is 69.2 Å². The van der Waals surface area contributed by atoms with Crippen LogP contribution in [0.2, 0.25) is 0 Å². The van der Waals surface area contributed by atoms with Gasteiger partial charge in [0.05, 0.1) is 0 Å². The Morgan fingerprint density at radius 1 is 0.296 bits per heavy atom. The molecule has 2 rings (SSSR count). The summed E-state index contributed by atoms with van der Waals surface area (Å²) in [6.45, 7) is 24.0. The molecule has 0 saturated heterocycles. The summed E-state index contributed by atoms with van der Waals surface area (Å²) in [5.74, 6) is 9.35. The number of rotatable bonds is 0. The second-order valence-corrected chi connectivity index (χ2v) is 9.49. The molecule has 0 N–H and O–H groups in total. The van der Waals surface area contributed by atoms with E-state index in [1.165, 1.54) is 0 Å². The first-order chi connectivity index (χ1) is 11.9. The fraction of sp³-hybridized carbons (Fsp3) is 1.00. The second kappa shape index (κ2) is 16.6. The van der Waals surface area contributed by atoms with Crippen LogP contribution in [-0.4, -0.2) is 28.2 Å². The first-order valence-corrected chi connectivity index (χ1v) is 10.9. The monoisotopic (exact) mass is 458 g/mol. The molecule has 2 aliphatic carbocycles. The second-order valence-electron chi connectivity index (χ2n) is 9.49. The van der Waals surface area contributed by atoms with Crippen LogP contribution in [-0.2, 0) is 26.2 Å². The number of hydrogen-bond acceptors (Lipinski definition) is 0. The van der Waals surface area contributed by atoms with Gasteiger partial charge >= 0.3 is 26.2 Å². The summed E-state index contributed by atoms with van der Waals surface area (Å²) >= 11 is 0. The smallest absolute Gasteiger partial charge is 0.668 e. The summed E-state index contributed by atoms with van der Waals surface area (Å²) < 4.78 is 0. The van der Waals surface area contributed by atoms with E-state index in [2.05, 4.69) is 79.9 Å². The molecule has 0 radical (unpaired) electrons. The van der Waals surface area contributed by atoms with Crippen LogP contribution >= 0.6 is 0 Å². The molecule has 0 aromatic rings. The summed E-state index contributed by atoms with van der Waals surface area (Å²) in [7, 11) is 7.00. The Morgan fingerprint density at radius 2 is 0.333 bits per heavy atom. The van der Waals surface area contributed by atoms with E-state index in [4.69, 9.17) is 0 Å². The number of nitrogens with zero attached hydrogens (tertiary/aromatic N) is 2. The molecule has 27 heavy (non-hydrogen) atoms. The summed E-state index contributed by atoms with van der Waals surface area (Å²) in [5.41, 5.74) is 0. The molecule has 162 valence electrons. The van der Waals surface area contributed by atoms with Crippen molar-refractivity contribution < 1.29 is 26.2 Å². The third-order valence-electron chi connectivity index (χ3n) is 8.29. The largest absolute Gasteiger partial charge is 2.00 e. The van der Waals surface area contributed by atoms with Gasteiger partial charge in [0.1, 0.15) is 0 Å². The van der Waals surface area contributed by atoms with Crippen molar-refractivity contribution in [3.8, 4) is 0 Å². The van der Waals surface area contributed by atoms with E-state index < -0.39 is 0 Å². The summed E-state index contributed by atoms with van der Waals surface area (Å²) in [6, 6.07) is 0. The van der Waals surface area contributed by atoms with Crippen molar-refractivity contribution in [3.05, 3.63) is 10.6 Å². The standard InChI is InChI=1S/2C10H20.2C2H6N.Zr/c2*1-6-7(2)9(4)10(5)8(6)3;2*1-3-2;/h2*6-10H,1-5H3;2*1-2H3;/q;;2*-1;+2. The van der Waals surface area contributed by atoms with Gasteiger partial charge in [0.2, 0.25) is 0 Å². The van der Waals surface area contributed by atoms with Crippen LogP contribution in [0.5, 0.6) is 0 Å². The van der Waals surface area contributed by atoms with Crippen molar-refractivity contribution in [1.82, 2.24) is 0 Å². The van der Waals surface area contributed by atoms with Crippen molar-refractivity contribution in [2.24, 2.45) is 59.2 Å². The minimum atomic E-state index is 0. The quantitative estimate of drug-likeness (QED) is 0.357. The van der Waals surface area contributed by atoms with Gasteiger partial charge in [-0.1, -0.05) is 69.2 Å². The van der Waals surface area contributed by atoms with Crippen LogP contribution in [0.3, 0.4) is 0 Å². The normalized spacial score (nSPS) is 42.4. The van der Waals surface area contributed by atoms with Crippen LogP contribution in [0.4, 0.5) is 0 Å². The molecule has 0 atom stereocenters. The van der Waals surface area contributed by atoms with Gasteiger partial charge in [-0.3, -0.25) is 0 Å². The third-order valence-corrected chi connectivity index (χ3v) is 8.29. The van der Waals surface area contributed by atoms with Gasteiger partial charge < -0.3 is 10.6 Å². The maximum Gasteiger partial charge on any atom is 2.00 e. The van der Waals surface area contributed by atoms with E-state index in [1.54, 1.807) is 28.2 Å². The molecule has 0 aromatic heterocycles. The van der Waals surface area contributed by atoms with Gasteiger partial charge in [-0.25, -0.2) is 0 Å². The minimum Gasteiger partial charge on any atom is -0.668 e. The molecule has 2 fully saturated rings. The van der Waals surface area contributed by atoms with Crippen LogP contribution in [0.15, 0.2) is 0 Å². The fourth-order valence-corrected chi connectivity index (χ4v) is 4.79. The van der Waals surface area contributed by atoms with Crippen molar-refractivity contribution in [3.63, 3.8) is 0 Å². The maximum atomic E-state index is 3.50. The zero-order valence-corrected chi connectivity index (χ0v) is 23.6. The average molecular weight is 460 g/mol. The van der Waals surface area contributed by atoms with Gasteiger partial charge in [-0.05, 0) is 59.2 Å². The molecule has 0 bridgehead atoms. The average Bonchev–Trinajstić information content (AvgIpc) is 2.87. The van der Waals surface area contributed by atoms with Crippen molar-refractivity contribution >= 4 is 0 Å². The molecule has 2 nitrogen and oxygen atoms in total. The van der Waals surface area contributed by atoms with E-state index >= 15 is 0 Å². The number of hydrogen-bond donors (Lipinski definition) is 0. The topological polar surface area (TPSA) is 28.2 Å². The molecule has 0 aromatic carbocycles. The van der Waals surface area contributed by atoms with E-state index in [0.29, 0.717) is 0 Å². The van der Waals surface area contributed by atoms with Gasteiger partial charge in [-0.2, -0.15) is 28.2 Å². The molecule has 3 heteroatoms. The minimum absolute atomic E-state index is 0. The SMILES string of the molecule is CC1C(C)C(C)C(C)C1C.CC1C(C)C(C)C(C)C1C.C[N-]C.C[N-]C.[Zr+2]. The summed E-state index contributed by atoms with van der Waals surface area (Å²) in [5, 5.41) is 7.00. The zero-order chi connectivity index (χ0) is 21.2. The fourth-order valence-electron chi connectivity index (χ4n) is 4.79. The maximum absolute atomic E-state index is 3.50. The predicted molar refractivity (Wildman–Crippen MR) is 122 cm³/mol. The van der Waals surface area contributed by atoms with E-state index in [1.807, 2.05) is 0 Å². The Balaban J connectivity index is -0.000000322. The summed E-state index contributed by atoms with van der Waals surface area (Å²) in [4.78, 5) is 0. The van der Waals surface area contributed by atoms with Crippen LogP contribution < -0.4 is 0 Å². The Hall–Kier alpha value is 0.803. The Morgan fingerprint density at radius 3 is 0.370 bits per heavy atom. The van der Waals surface area contributed by atoms with Crippen molar-refractivity contribution in [2.45, 2.75) is 69.2 Å². The van der Waals surface area contributed by atoms with Crippen LogP contribution in [0.25, 0.3) is 10.6 Å². The molecule has 2 aliphatic rings. The first-order valence-electron chi connectivity index (χ1n) is 10.9. The summed E-state index contributed by atoms with van der Waals surface area (Å²) in [6.07, 6.45) is 0. The van der Waals surface area contributed by atoms with Crippen LogP contribution in [0, 0.1) is 59.2 Å². The molecular formula is C24H52N2Zr. The molecule has 2 saturated carbocycles. The predicted octanol–water partition coefficient (Wildman–Crippen LogP) is 7.60. The van der Waals surface area contributed by atoms with Gasteiger partial charge in [0, 0.05) is 0 Å². The molecule has 0 spiro atoms. The van der Waals surface area contributed by atoms with Gasteiger partial charge in [0.15, 0.2) is 0 Å². The van der Waals surface area contributed by atoms with Gasteiger partial charge in [0.25, 0.3) is 0 Å². The Labute approximate surface area is 192 Å². The molecule has 0 amide bonds. The van der Waals surface area contributed by atoms with Gasteiger partial charge in [-0.15, -0.1) is 0 Å². The van der Waals surface area contributed by atoms with E-state index in [9.17, 15) is 0 Å². The Bertz CT molecular complexity index is 215. The Kier molecular flexibility index (Phi) is 19.9. The molecule has 0 heterocycles. The van der Waals surface area contributed by atoms with E-state index in [0.717, 1.165) is 59.2 Å². The zero-order valence-electron chi connectivity index (χ0n) is 21.2.